The number of ether oxygens (including phenoxy) is 1. The molecule has 0 heterocycles. The van der Waals surface area contributed by atoms with Crippen LogP contribution in [0.25, 0.3) is 12.2 Å². The number of hydrogen-bond donors (Lipinski definition) is 0. The summed E-state index contributed by atoms with van der Waals surface area (Å²) >= 11 is 0. The Labute approximate surface area is 114 Å². The maximum absolute atomic E-state index is 5.41. The lowest BCUT2D eigenvalue weighted by atomic mass is 10.1. The Bertz CT molecular complexity index is 567. The quantitative estimate of drug-likeness (QED) is 0.557. The van der Waals surface area contributed by atoms with E-state index in [9.17, 15) is 0 Å². The lowest BCUT2D eigenvalue weighted by molar-refractivity contribution is 0.410. The molecule has 0 spiro atoms. The molecule has 0 unspecified atom stereocenters. The second-order valence-electron chi connectivity index (χ2n) is 4.31. The number of benzene rings is 2. The van der Waals surface area contributed by atoms with Crippen LogP contribution in [0, 0.1) is 0 Å². The summed E-state index contributed by atoms with van der Waals surface area (Å²) in [6, 6.07) is 16.5. The van der Waals surface area contributed by atoms with Crippen molar-refractivity contribution in [1.29, 1.82) is 0 Å². The summed E-state index contributed by atoms with van der Waals surface area (Å²) in [6.45, 7) is 3.76. The van der Waals surface area contributed by atoms with E-state index in [4.69, 9.17) is 4.74 Å². The van der Waals surface area contributed by atoms with E-state index in [0.29, 0.717) is 0 Å². The van der Waals surface area contributed by atoms with Gasteiger partial charge in [0.15, 0.2) is 0 Å². The highest BCUT2D eigenvalue weighted by molar-refractivity contribution is 5.70. The van der Waals surface area contributed by atoms with E-state index in [1.54, 1.807) is 7.11 Å². The molecule has 0 atom stereocenters. The minimum Gasteiger partial charge on any atom is -0.496 e. The predicted molar refractivity (Wildman–Crippen MR) is 82.3 cm³/mol. The van der Waals surface area contributed by atoms with Gasteiger partial charge in [-0.3, -0.25) is 0 Å². The van der Waals surface area contributed by atoms with Crippen molar-refractivity contribution in [1.82, 2.24) is 0 Å². The summed E-state index contributed by atoms with van der Waals surface area (Å²) in [5.74, 6) is 0.912. The van der Waals surface area contributed by atoms with Crippen LogP contribution < -0.4 is 4.74 Å². The Morgan fingerprint density at radius 1 is 1.00 bits per heavy atom. The van der Waals surface area contributed by atoms with Crippen molar-refractivity contribution in [2.45, 2.75) is 6.42 Å². The van der Waals surface area contributed by atoms with E-state index < -0.39 is 0 Å². The molecule has 19 heavy (non-hydrogen) atoms. The zero-order valence-electron chi connectivity index (χ0n) is 11.2. The average molecular weight is 250 g/mol. The standard InChI is InChI=1S/C18H18O/c1-3-7-17-13-12-16(14-18(17)19-2)11-10-15-8-5-4-6-9-15/h3-6,8-14H,1,7H2,2H3/b11-10+. The third-order valence-corrected chi connectivity index (χ3v) is 2.94. The van der Waals surface area contributed by atoms with E-state index >= 15 is 0 Å². The Morgan fingerprint density at radius 2 is 1.74 bits per heavy atom. The third-order valence-electron chi connectivity index (χ3n) is 2.94. The number of hydrogen-bond acceptors (Lipinski definition) is 1. The zero-order chi connectivity index (χ0) is 13.5. The summed E-state index contributed by atoms with van der Waals surface area (Å²) in [7, 11) is 1.70. The zero-order valence-corrected chi connectivity index (χ0v) is 11.2. The van der Waals surface area contributed by atoms with Crippen LogP contribution in [-0.4, -0.2) is 7.11 Å². The van der Waals surface area contributed by atoms with Gasteiger partial charge in [-0.15, -0.1) is 6.58 Å². The fourth-order valence-corrected chi connectivity index (χ4v) is 1.95. The molecule has 2 rings (SSSR count). The fourth-order valence-electron chi connectivity index (χ4n) is 1.95. The van der Waals surface area contributed by atoms with Crippen molar-refractivity contribution < 1.29 is 4.74 Å². The van der Waals surface area contributed by atoms with Gasteiger partial charge in [-0.1, -0.05) is 60.7 Å². The molecule has 0 saturated carbocycles. The molecule has 0 radical (unpaired) electrons. The molecule has 1 nitrogen and oxygen atoms in total. The smallest absolute Gasteiger partial charge is 0.122 e. The van der Waals surface area contributed by atoms with E-state index in [-0.39, 0.29) is 0 Å². The van der Waals surface area contributed by atoms with Gasteiger partial charge in [0.05, 0.1) is 7.11 Å². The molecular formula is C18H18O. The fraction of sp³-hybridized carbons (Fsp3) is 0.111. The first-order valence-electron chi connectivity index (χ1n) is 6.34. The number of rotatable bonds is 5. The summed E-state index contributed by atoms with van der Waals surface area (Å²) in [5, 5.41) is 0. The van der Waals surface area contributed by atoms with Crippen LogP contribution >= 0.6 is 0 Å². The molecule has 0 N–H and O–H groups in total. The Morgan fingerprint density at radius 3 is 2.42 bits per heavy atom. The summed E-state index contributed by atoms with van der Waals surface area (Å²) in [6.07, 6.45) is 6.90. The minimum absolute atomic E-state index is 0.825. The van der Waals surface area contributed by atoms with Gasteiger partial charge in [0.2, 0.25) is 0 Å². The highest BCUT2D eigenvalue weighted by atomic mass is 16.5. The average Bonchev–Trinajstić information content (AvgIpc) is 2.47. The monoisotopic (exact) mass is 250 g/mol. The van der Waals surface area contributed by atoms with Gasteiger partial charge in [0.25, 0.3) is 0 Å². The van der Waals surface area contributed by atoms with E-state index in [2.05, 4.69) is 49.1 Å². The molecule has 0 aliphatic rings. The van der Waals surface area contributed by atoms with Gasteiger partial charge < -0.3 is 4.74 Å². The van der Waals surface area contributed by atoms with Crippen molar-refractivity contribution in [3.63, 3.8) is 0 Å². The minimum atomic E-state index is 0.825. The van der Waals surface area contributed by atoms with E-state index in [1.807, 2.05) is 24.3 Å². The van der Waals surface area contributed by atoms with Gasteiger partial charge in [-0.05, 0) is 29.2 Å². The molecule has 0 fully saturated rings. The van der Waals surface area contributed by atoms with Crippen molar-refractivity contribution in [3.05, 3.63) is 77.9 Å². The first-order valence-corrected chi connectivity index (χ1v) is 6.34. The molecule has 0 saturated heterocycles. The van der Waals surface area contributed by atoms with Crippen molar-refractivity contribution in [2.75, 3.05) is 7.11 Å². The molecule has 0 amide bonds. The second-order valence-corrected chi connectivity index (χ2v) is 4.31. The molecule has 0 aliphatic heterocycles. The van der Waals surface area contributed by atoms with Gasteiger partial charge >= 0.3 is 0 Å². The van der Waals surface area contributed by atoms with Crippen molar-refractivity contribution in [3.8, 4) is 5.75 Å². The molecule has 2 aromatic carbocycles. The maximum Gasteiger partial charge on any atom is 0.122 e. The van der Waals surface area contributed by atoms with E-state index in [1.165, 1.54) is 5.56 Å². The van der Waals surface area contributed by atoms with Crippen LogP contribution in [0.5, 0.6) is 5.75 Å². The third kappa shape index (κ3) is 3.59. The molecular weight excluding hydrogens is 232 g/mol. The van der Waals surface area contributed by atoms with E-state index in [0.717, 1.165) is 23.3 Å². The van der Waals surface area contributed by atoms with Crippen molar-refractivity contribution in [2.24, 2.45) is 0 Å². The van der Waals surface area contributed by atoms with Crippen LogP contribution in [0.2, 0.25) is 0 Å². The molecule has 1 heteroatoms. The topological polar surface area (TPSA) is 9.23 Å². The normalized spacial score (nSPS) is 10.6. The first kappa shape index (κ1) is 13.2. The van der Waals surface area contributed by atoms with Crippen LogP contribution in [0.15, 0.2) is 61.2 Å². The highest BCUT2D eigenvalue weighted by Crippen LogP contribution is 2.22. The second kappa shape index (κ2) is 6.60. The Kier molecular flexibility index (Phi) is 4.57. The van der Waals surface area contributed by atoms with Gasteiger partial charge in [-0.2, -0.15) is 0 Å². The molecule has 96 valence electrons. The molecule has 0 aliphatic carbocycles. The van der Waals surface area contributed by atoms with Gasteiger partial charge in [-0.25, -0.2) is 0 Å². The molecule has 2 aromatic rings. The number of allylic oxidation sites excluding steroid dienone is 1. The largest absolute Gasteiger partial charge is 0.496 e. The highest BCUT2D eigenvalue weighted by Gasteiger charge is 2.01. The SMILES string of the molecule is C=CCc1ccc(/C=C/c2ccccc2)cc1OC. The molecule has 0 aromatic heterocycles. The number of methoxy groups -OCH3 is 1. The molecule has 0 bridgehead atoms. The van der Waals surface area contributed by atoms with Crippen LogP contribution in [0.1, 0.15) is 16.7 Å². The lowest BCUT2D eigenvalue weighted by Gasteiger charge is -2.07. The van der Waals surface area contributed by atoms with Crippen LogP contribution in [0.3, 0.4) is 0 Å². The van der Waals surface area contributed by atoms with Gasteiger partial charge in [0.1, 0.15) is 5.75 Å². The van der Waals surface area contributed by atoms with Crippen molar-refractivity contribution >= 4 is 12.2 Å². The van der Waals surface area contributed by atoms with Gasteiger partial charge in [0, 0.05) is 0 Å². The predicted octanol–water partition coefficient (Wildman–Crippen LogP) is 4.59. The van der Waals surface area contributed by atoms with Crippen LogP contribution in [0.4, 0.5) is 0 Å². The summed E-state index contributed by atoms with van der Waals surface area (Å²) in [5.41, 5.74) is 3.49. The lowest BCUT2D eigenvalue weighted by Crippen LogP contribution is -1.91. The first-order chi connectivity index (χ1) is 9.33. The Balaban J connectivity index is 2.22. The summed E-state index contributed by atoms with van der Waals surface area (Å²) in [4.78, 5) is 0. The van der Waals surface area contributed by atoms with Crippen LogP contribution in [-0.2, 0) is 6.42 Å². The maximum atomic E-state index is 5.41. The Hall–Kier alpha value is -2.28. The summed E-state index contributed by atoms with van der Waals surface area (Å²) < 4.78 is 5.41.